The van der Waals surface area contributed by atoms with E-state index < -0.39 is 17.0 Å². The van der Waals surface area contributed by atoms with Gasteiger partial charge in [0, 0.05) is 31.6 Å². The summed E-state index contributed by atoms with van der Waals surface area (Å²) in [6.07, 6.45) is 1.85. The summed E-state index contributed by atoms with van der Waals surface area (Å²) in [5.74, 6) is -0.826. The van der Waals surface area contributed by atoms with Crippen LogP contribution in [-0.2, 0) is 4.79 Å². The number of aliphatic hydroxyl groups excluding tert-OH is 1. The molecule has 10 heteroatoms. The SMILES string of the molecule is C=C(O)CCCC(=C)NC(CNC(C)(C)/C(C)=N/O)CNC(C)(C)/C(CCC(=O)O)=N/O. The first-order chi connectivity index (χ1) is 14.7. The lowest BCUT2D eigenvalue weighted by molar-refractivity contribution is -0.136. The van der Waals surface area contributed by atoms with Crippen molar-refractivity contribution in [1.29, 1.82) is 0 Å². The number of carboxylic acids is 1. The first-order valence-corrected chi connectivity index (χ1v) is 10.7. The van der Waals surface area contributed by atoms with Crippen molar-refractivity contribution in [2.24, 2.45) is 10.3 Å². The summed E-state index contributed by atoms with van der Waals surface area (Å²) in [4.78, 5) is 10.9. The molecule has 0 saturated heterocycles. The quantitative estimate of drug-likeness (QED) is 0.0763. The van der Waals surface area contributed by atoms with Crippen molar-refractivity contribution in [1.82, 2.24) is 16.0 Å². The summed E-state index contributed by atoms with van der Waals surface area (Å²) < 4.78 is 0. The van der Waals surface area contributed by atoms with Gasteiger partial charge < -0.3 is 36.6 Å². The molecular formula is C22H41N5O5. The molecule has 0 saturated carbocycles. The number of aliphatic hydroxyl groups is 1. The van der Waals surface area contributed by atoms with Crippen molar-refractivity contribution in [3.63, 3.8) is 0 Å². The molecule has 32 heavy (non-hydrogen) atoms. The van der Waals surface area contributed by atoms with E-state index >= 15 is 0 Å². The van der Waals surface area contributed by atoms with Crippen LogP contribution in [0.25, 0.3) is 0 Å². The molecule has 184 valence electrons. The Morgan fingerprint density at radius 2 is 1.47 bits per heavy atom. The van der Waals surface area contributed by atoms with E-state index in [1.54, 1.807) is 6.92 Å². The lowest BCUT2D eigenvalue weighted by Crippen LogP contribution is -2.56. The third kappa shape index (κ3) is 11.7. The van der Waals surface area contributed by atoms with Gasteiger partial charge in [0.25, 0.3) is 0 Å². The molecule has 0 fully saturated rings. The molecule has 0 amide bonds. The van der Waals surface area contributed by atoms with Gasteiger partial charge in [0.15, 0.2) is 0 Å². The second-order valence-corrected chi connectivity index (χ2v) is 9.00. The number of carbonyl (C=O) groups is 1. The molecule has 0 heterocycles. The maximum Gasteiger partial charge on any atom is 0.303 e. The van der Waals surface area contributed by atoms with Crippen LogP contribution >= 0.6 is 0 Å². The Morgan fingerprint density at radius 1 is 0.906 bits per heavy atom. The highest BCUT2D eigenvalue weighted by Crippen LogP contribution is 2.13. The van der Waals surface area contributed by atoms with E-state index in [-0.39, 0.29) is 24.6 Å². The monoisotopic (exact) mass is 455 g/mol. The molecule has 1 unspecified atom stereocenters. The number of rotatable bonds is 17. The molecule has 10 nitrogen and oxygen atoms in total. The van der Waals surface area contributed by atoms with Crippen molar-refractivity contribution in [3.8, 4) is 0 Å². The van der Waals surface area contributed by atoms with Crippen LogP contribution in [0, 0.1) is 0 Å². The fourth-order valence-electron chi connectivity index (χ4n) is 2.87. The largest absolute Gasteiger partial charge is 0.513 e. The van der Waals surface area contributed by atoms with Gasteiger partial charge in [-0.15, -0.1) is 0 Å². The Bertz CT molecular complexity index is 701. The molecular weight excluding hydrogens is 414 g/mol. The molecule has 0 aromatic rings. The Morgan fingerprint density at radius 3 is 1.94 bits per heavy atom. The number of allylic oxidation sites excluding steroid dienone is 2. The van der Waals surface area contributed by atoms with E-state index in [1.165, 1.54) is 0 Å². The van der Waals surface area contributed by atoms with E-state index in [2.05, 4.69) is 39.4 Å². The summed E-state index contributed by atoms with van der Waals surface area (Å²) in [5, 5.41) is 53.3. The van der Waals surface area contributed by atoms with Crippen LogP contribution in [0.3, 0.4) is 0 Å². The smallest absolute Gasteiger partial charge is 0.303 e. The second kappa shape index (κ2) is 13.7. The van der Waals surface area contributed by atoms with E-state index in [0.29, 0.717) is 43.8 Å². The molecule has 0 bridgehead atoms. The third-order valence-corrected chi connectivity index (χ3v) is 5.41. The predicted molar refractivity (Wildman–Crippen MR) is 127 cm³/mol. The third-order valence-electron chi connectivity index (χ3n) is 5.41. The molecule has 0 spiro atoms. The molecule has 0 aromatic heterocycles. The zero-order valence-electron chi connectivity index (χ0n) is 20.0. The van der Waals surface area contributed by atoms with Gasteiger partial charge in [-0.05, 0) is 47.5 Å². The molecule has 0 rings (SSSR count). The highest BCUT2D eigenvalue weighted by Gasteiger charge is 2.28. The lowest BCUT2D eigenvalue weighted by Gasteiger charge is -2.33. The molecule has 0 aliphatic rings. The zero-order valence-corrected chi connectivity index (χ0v) is 20.0. The number of aliphatic carboxylic acids is 1. The fraction of sp³-hybridized carbons (Fsp3) is 0.682. The van der Waals surface area contributed by atoms with Crippen LogP contribution in [0.1, 0.15) is 66.7 Å². The minimum absolute atomic E-state index is 0.124. The maximum atomic E-state index is 10.9. The second-order valence-electron chi connectivity index (χ2n) is 9.00. The van der Waals surface area contributed by atoms with Crippen LogP contribution in [0.15, 0.2) is 34.9 Å². The summed E-state index contributed by atoms with van der Waals surface area (Å²) >= 11 is 0. The molecule has 1 atom stereocenters. The van der Waals surface area contributed by atoms with Gasteiger partial charge in [-0.2, -0.15) is 0 Å². The van der Waals surface area contributed by atoms with Gasteiger partial charge in [0.2, 0.25) is 0 Å². The van der Waals surface area contributed by atoms with Gasteiger partial charge in [0.05, 0.1) is 40.7 Å². The van der Waals surface area contributed by atoms with Gasteiger partial charge in [-0.25, -0.2) is 0 Å². The van der Waals surface area contributed by atoms with Gasteiger partial charge >= 0.3 is 5.97 Å². The Labute approximate surface area is 191 Å². The Hall–Kier alpha value is -2.59. The van der Waals surface area contributed by atoms with Crippen molar-refractivity contribution in [2.45, 2.75) is 83.8 Å². The molecule has 0 aromatic carbocycles. The average Bonchev–Trinajstić information content (AvgIpc) is 2.69. The number of hydrogen-bond donors (Lipinski definition) is 7. The summed E-state index contributed by atoms with van der Waals surface area (Å²) in [6.45, 7) is 17.7. The van der Waals surface area contributed by atoms with Crippen LogP contribution in [0.2, 0.25) is 0 Å². The number of hydrogen-bond acceptors (Lipinski definition) is 9. The van der Waals surface area contributed by atoms with Crippen molar-refractivity contribution >= 4 is 17.4 Å². The van der Waals surface area contributed by atoms with E-state index in [0.717, 1.165) is 5.70 Å². The first-order valence-electron chi connectivity index (χ1n) is 10.7. The summed E-state index contributed by atoms with van der Waals surface area (Å²) in [5.41, 5.74) is 0.394. The highest BCUT2D eigenvalue weighted by atomic mass is 16.4. The van der Waals surface area contributed by atoms with Crippen molar-refractivity contribution in [3.05, 3.63) is 24.6 Å². The minimum atomic E-state index is -0.962. The van der Waals surface area contributed by atoms with Crippen molar-refractivity contribution in [2.75, 3.05) is 13.1 Å². The first kappa shape index (κ1) is 29.4. The van der Waals surface area contributed by atoms with Crippen LogP contribution < -0.4 is 16.0 Å². The van der Waals surface area contributed by atoms with E-state index in [4.69, 9.17) is 10.3 Å². The standard InChI is InChI=1S/C22H41N5O5/c1-15(9-8-10-16(2)28)25-18(13-23-21(4,5)17(3)26-31)14-24-22(6,7)19(27-32)11-12-20(29)30/h18,23-25,28,31-32H,1-2,8-14H2,3-7H3,(H,29,30)/b26-17+,27-19+. The number of carboxylic acid groups (broad SMARTS) is 1. The molecule has 0 radical (unpaired) electrons. The minimum Gasteiger partial charge on any atom is -0.513 e. The predicted octanol–water partition coefficient (Wildman–Crippen LogP) is 2.98. The van der Waals surface area contributed by atoms with Gasteiger partial charge in [0.1, 0.15) is 0 Å². The van der Waals surface area contributed by atoms with Gasteiger partial charge in [-0.1, -0.05) is 23.5 Å². The van der Waals surface area contributed by atoms with Crippen LogP contribution in [0.5, 0.6) is 0 Å². The molecule has 0 aliphatic carbocycles. The average molecular weight is 456 g/mol. The van der Waals surface area contributed by atoms with Crippen LogP contribution in [0.4, 0.5) is 0 Å². The van der Waals surface area contributed by atoms with E-state index in [9.17, 15) is 15.1 Å². The fourth-order valence-corrected chi connectivity index (χ4v) is 2.87. The number of nitrogens with zero attached hydrogens (tertiary/aromatic N) is 2. The maximum absolute atomic E-state index is 10.9. The Balaban J connectivity index is 5.21. The van der Waals surface area contributed by atoms with Crippen LogP contribution in [-0.4, -0.2) is 68.2 Å². The number of nitrogens with one attached hydrogen (secondary N) is 3. The Kier molecular flexibility index (Phi) is 12.6. The lowest BCUT2D eigenvalue weighted by atomic mass is 9.94. The molecule has 0 aliphatic heterocycles. The highest BCUT2D eigenvalue weighted by molar-refractivity contribution is 5.94. The topological polar surface area (TPSA) is 159 Å². The summed E-state index contributed by atoms with van der Waals surface area (Å²) in [6, 6.07) is -0.135. The normalized spacial score (nSPS) is 14.2. The van der Waals surface area contributed by atoms with E-state index in [1.807, 2.05) is 27.7 Å². The van der Waals surface area contributed by atoms with Crippen molar-refractivity contribution < 1.29 is 25.4 Å². The summed E-state index contributed by atoms with van der Waals surface area (Å²) in [7, 11) is 0. The molecule has 7 N–H and O–H groups in total. The van der Waals surface area contributed by atoms with Gasteiger partial charge in [-0.3, -0.25) is 4.79 Å². The number of oxime groups is 2. The zero-order chi connectivity index (χ0) is 24.9.